The Labute approximate surface area is 161 Å². The van der Waals surface area contributed by atoms with E-state index in [1.807, 2.05) is 12.1 Å². The number of nitrogens with one attached hydrogen (secondary N) is 1. The highest BCUT2D eigenvalue weighted by molar-refractivity contribution is 7.88. The fraction of sp³-hybridized carbons (Fsp3) is 0.600. The van der Waals surface area contributed by atoms with E-state index in [2.05, 4.69) is 30.4 Å². The van der Waals surface area contributed by atoms with E-state index in [-0.39, 0.29) is 5.48 Å². The minimum Gasteiger partial charge on any atom is -0.412 e. The Morgan fingerprint density at radius 3 is 1.89 bits per heavy atom. The average molecular weight is 430 g/mol. The molecule has 0 bridgehead atoms. The van der Waals surface area contributed by atoms with Gasteiger partial charge in [0, 0.05) is 31.0 Å². The van der Waals surface area contributed by atoms with Crippen LogP contribution in [0.5, 0.6) is 0 Å². The first-order valence-electron chi connectivity index (χ1n) is 8.13. The van der Waals surface area contributed by atoms with E-state index in [1.165, 1.54) is 17.4 Å². The summed E-state index contributed by atoms with van der Waals surface area (Å²) in [6.07, 6.45) is 3.00. The van der Waals surface area contributed by atoms with Crippen LogP contribution in [-0.2, 0) is 33.3 Å². The van der Waals surface area contributed by atoms with Gasteiger partial charge in [-0.05, 0) is 43.0 Å². The molecule has 1 rings (SSSR count). The number of nitrogens with two attached hydrogens (primary N) is 1. The molecule has 0 heterocycles. The molecule has 10 nitrogen and oxygen atoms in total. The van der Waals surface area contributed by atoms with Gasteiger partial charge in [0.1, 0.15) is 0 Å². The molecule has 0 aromatic heterocycles. The van der Waals surface area contributed by atoms with Crippen LogP contribution < -0.4 is 15.4 Å². The van der Waals surface area contributed by atoms with Crippen LogP contribution in [-0.4, -0.2) is 57.3 Å². The smallest absolute Gasteiger partial charge is 0.394 e. The molecule has 0 amide bonds. The zero-order valence-corrected chi connectivity index (χ0v) is 17.7. The number of likely N-dealkylation sites (N-methyl/N-ethyl adjacent to an activating group) is 1. The summed E-state index contributed by atoms with van der Waals surface area (Å²) in [5, 5.41) is 0. The van der Waals surface area contributed by atoms with Crippen molar-refractivity contribution < 1.29 is 31.4 Å². The van der Waals surface area contributed by atoms with Gasteiger partial charge in [-0.3, -0.25) is 9.11 Å². The normalized spacial score (nSPS) is 11.2. The number of hydrogen-bond acceptors (Lipinski definition) is 6. The third-order valence-electron chi connectivity index (χ3n) is 3.62. The minimum absolute atomic E-state index is 0. The van der Waals surface area contributed by atoms with Crippen LogP contribution in [0.1, 0.15) is 31.9 Å². The number of nitrogens with zero attached hydrogens (tertiary/aromatic N) is 1. The van der Waals surface area contributed by atoms with Crippen LogP contribution in [0.25, 0.3) is 0 Å². The number of rotatable bonds is 8. The molecule has 1 aromatic rings. The lowest BCUT2D eigenvalue weighted by Crippen LogP contribution is -2.35. The Bertz CT molecular complexity index is 773. The summed E-state index contributed by atoms with van der Waals surface area (Å²) in [5.41, 5.74) is 10.5. The maximum absolute atomic E-state index is 11.2. The molecule has 0 unspecified atom stereocenters. The van der Waals surface area contributed by atoms with E-state index >= 15 is 0 Å². The van der Waals surface area contributed by atoms with E-state index in [4.69, 9.17) is 23.3 Å². The first kappa shape index (κ1) is 27.8. The van der Waals surface area contributed by atoms with Crippen molar-refractivity contribution >= 4 is 31.8 Å². The summed E-state index contributed by atoms with van der Waals surface area (Å²) in [4.78, 5) is 2.19. The zero-order valence-electron chi connectivity index (χ0n) is 16.1. The summed E-state index contributed by atoms with van der Waals surface area (Å²) in [7, 11) is -7.81. The predicted molar refractivity (Wildman–Crippen MR) is 108 cm³/mol. The lowest BCUT2D eigenvalue weighted by atomic mass is 9.98. The second kappa shape index (κ2) is 12.1. The molecule has 0 saturated carbocycles. The third kappa shape index (κ3) is 11.8. The van der Waals surface area contributed by atoms with Crippen molar-refractivity contribution in [2.45, 2.75) is 33.6 Å². The molecule has 0 fully saturated rings. The molecule has 12 heteroatoms. The van der Waals surface area contributed by atoms with Gasteiger partial charge in [-0.1, -0.05) is 13.8 Å². The van der Waals surface area contributed by atoms with E-state index in [1.54, 1.807) is 0 Å². The Hall–Kier alpha value is -1.44. The van der Waals surface area contributed by atoms with Crippen molar-refractivity contribution in [2.24, 2.45) is 0 Å². The van der Waals surface area contributed by atoms with Crippen LogP contribution in [0, 0.1) is 0 Å². The Balaban J connectivity index is 0. The van der Waals surface area contributed by atoms with E-state index in [0.717, 1.165) is 30.8 Å². The van der Waals surface area contributed by atoms with E-state index in [0.29, 0.717) is 13.1 Å². The van der Waals surface area contributed by atoms with Gasteiger partial charge >= 0.3 is 10.4 Å². The Morgan fingerprint density at radius 2 is 1.52 bits per heavy atom. The van der Waals surface area contributed by atoms with Crippen LogP contribution in [0.15, 0.2) is 12.1 Å². The lowest BCUT2D eigenvalue weighted by Gasteiger charge is -2.27. The zero-order chi connectivity index (χ0) is 20.5. The van der Waals surface area contributed by atoms with E-state index in [9.17, 15) is 8.42 Å². The van der Waals surface area contributed by atoms with Crippen LogP contribution in [0.4, 0.5) is 11.4 Å². The van der Waals surface area contributed by atoms with Gasteiger partial charge in [0.15, 0.2) is 0 Å². The molecule has 0 aliphatic heterocycles. The molecule has 0 spiro atoms. The molecular formula is C15H31N3O7S2. The second-order valence-electron chi connectivity index (χ2n) is 5.53. The summed E-state index contributed by atoms with van der Waals surface area (Å²) in [6.45, 7) is 8.18. The fourth-order valence-corrected chi connectivity index (χ4v) is 3.08. The number of hydrogen-bond donors (Lipinski definition) is 4. The first-order chi connectivity index (χ1) is 11.8. The van der Waals surface area contributed by atoms with Crippen molar-refractivity contribution in [3.8, 4) is 0 Å². The summed E-state index contributed by atoms with van der Waals surface area (Å²) < 4.78 is 56.4. The number of benzene rings is 1. The lowest BCUT2D eigenvalue weighted by molar-refractivity contribution is 0.381. The van der Waals surface area contributed by atoms with Gasteiger partial charge in [-0.2, -0.15) is 8.42 Å². The maximum atomic E-state index is 11.2. The molecule has 0 aliphatic carbocycles. The second-order valence-corrected chi connectivity index (χ2v) is 8.26. The van der Waals surface area contributed by atoms with Gasteiger partial charge in [-0.15, -0.1) is 0 Å². The topological polar surface area (TPSA) is 182 Å². The predicted octanol–water partition coefficient (Wildman–Crippen LogP) is 0.292. The van der Waals surface area contributed by atoms with Crippen LogP contribution >= 0.6 is 0 Å². The van der Waals surface area contributed by atoms with Gasteiger partial charge in [0.05, 0.1) is 6.26 Å². The average Bonchev–Trinajstić information content (AvgIpc) is 2.49. The first-order valence-corrected chi connectivity index (χ1v) is 11.4. The van der Waals surface area contributed by atoms with Gasteiger partial charge in [0.25, 0.3) is 0 Å². The summed E-state index contributed by atoms with van der Waals surface area (Å²) in [6, 6.07) is 3.98. The van der Waals surface area contributed by atoms with E-state index < -0.39 is 20.4 Å². The number of sulfonamides is 1. The van der Waals surface area contributed by atoms with Gasteiger partial charge in [-0.25, -0.2) is 13.1 Å². The van der Waals surface area contributed by atoms with Crippen molar-refractivity contribution in [1.29, 1.82) is 0 Å². The molecule has 0 atom stereocenters. The molecule has 27 heavy (non-hydrogen) atoms. The minimum atomic E-state index is -4.67. The quantitative estimate of drug-likeness (QED) is 0.336. The summed E-state index contributed by atoms with van der Waals surface area (Å²) in [5.74, 6) is 0. The Morgan fingerprint density at radius 1 is 1.04 bits per heavy atom. The van der Waals surface area contributed by atoms with Gasteiger partial charge in [0.2, 0.25) is 10.0 Å². The number of nitrogen functional groups attached to an aromatic ring is 1. The highest BCUT2D eigenvalue weighted by atomic mass is 32.3. The molecule has 160 valence electrons. The largest absolute Gasteiger partial charge is 0.412 e. The van der Waals surface area contributed by atoms with Crippen molar-refractivity contribution in [1.82, 2.24) is 4.72 Å². The van der Waals surface area contributed by atoms with Crippen LogP contribution in [0.3, 0.4) is 0 Å². The molecule has 1 aromatic carbocycles. The molecule has 7 N–H and O–H groups in total. The highest BCUT2D eigenvalue weighted by Gasteiger charge is 2.14. The molecular weight excluding hydrogens is 398 g/mol. The van der Waals surface area contributed by atoms with Gasteiger partial charge < -0.3 is 16.1 Å². The van der Waals surface area contributed by atoms with Crippen molar-refractivity contribution in [3.05, 3.63) is 23.3 Å². The summed E-state index contributed by atoms with van der Waals surface area (Å²) >= 11 is 0. The SMILES string of the molecule is CCc1c(N)ccc(N(CC)CCNS(C)(=O)=O)c1CC.O.O=S(=O)(O)O. The van der Waals surface area contributed by atoms with Crippen LogP contribution in [0.2, 0.25) is 0 Å². The maximum Gasteiger partial charge on any atom is 0.394 e. The monoisotopic (exact) mass is 429 g/mol. The highest BCUT2D eigenvalue weighted by Crippen LogP contribution is 2.29. The number of anilines is 2. The third-order valence-corrected chi connectivity index (χ3v) is 4.35. The standard InChI is InChI=1S/C15H27N3O2S.H2O4S.H2O/c1-5-12-13(6-2)15(9-8-14(12)16)18(7-3)11-10-17-21(4,19)20;1-5(2,3)4;/h8-9,17H,5-7,10-11,16H2,1-4H3;(H2,1,2,3,4);1H2. The molecule has 0 radical (unpaired) electrons. The fourth-order valence-electron chi connectivity index (χ4n) is 2.62. The Kier molecular flexibility index (Phi) is 12.5. The molecule has 0 saturated heterocycles. The van der Waals surface area contributed by atoms with Crippen molar-refractivity contribution in [2.75, 3.05) is 36.5 Å². The van der Waals surface area contributed by atoms with Crippen molar-refractivity contribution in [3.63, 3.8) is 0 Å². The molecule has 0 aliphatic rings.